The number of ether oxygens (including phenoxy) is 1. The quantitative estimate of drug-likeness (QED) is 0.360. The van der Waals surface area contributed by atoms with E-state index in [0.29, 0.717) is 11.6 Å². The van der Waals surface area contributed by atoms with Crippen LogP contribution in [0.3, 0.4) is 0 Å². The summed E-state index contributed by atoms with van der Waals surface area (Å²) in [7, 11) is 0. The molecule has 2 rings (SSSR count). The predicted octanol–water partition coefficient (Wildman–Crippen LogP) is 2.16. The Kier molecular flexibility index (Phi) is 3.31. The van der Waals surface area contributed by atoms with Gasteiger partial charge in [-0.3, -0.25) is 0 Å². The van der Waals surface area contributed by atoms with Crippen LogP contribution < -0.4 is 5.73 Å². The fourth-order valence-electron chi connectivity index (χ4n) is 1.82. The van der Waals surface area contributed by atoms with Crippen LogP contribution in [-0.2, 0) is 4.74 Å². The van der Waals surface area contributed by atoms with E-state index in [1.54, 1.807) is 0 Å². The van der Waals surface area contributed by atoms with Gasteiger partial charge < -0.3 is 15.7 Å². The van der Waals surface area contributed by atoms with Gasteiger partial charge >= 0.3 is 0 Å². The Hall–Kier alpha value is -1.26. The van der Waals surface area contributed by atoms with E-state index >= 15 is 0 Å². The molecule has 86 valence electrons. The molecule has 1 saturated heterocycles. The summed E-state index contributed by atoms with van der Waals surface area (Å²) in [5.74, 6) is 0.224. The second-order valence-electron chi connectivity index (χ2n) is 3.83. The Morgan fingerprint density at radius 2 is 2.12 bits per heavy atom. The third-order valence-corrected chi connectivity index (χ3v) is 3.02. The Morgan fingerprint density at radius 1 is 1.44 bits per heavy atom. The highest BCUT2D eigenvalue weighted by Crippen LogP contribution is 2.32. The summed E-state index contributed by atoms with van der Waals surface area (Å²) in [6, 6.07) is 7.53. The van der Waals surface area contributed by atoms with Crippen molar-refractivity contribution in [2.75, 3.05) is 6.61 Å². The smallest absolute Gasteiger partial charge is 0.144 e. The van der Waals surface area contributed by atoms with E-state index in [0.717, 1.165) is 12.0 Å². The van der Waals surface area contributed by atoms with Crippen LogP contribution in [0.4, 0.5) is 0 Å². The monoisotopic (exact) mass is 240 g/mol. The number of hydrogen-bond acceptors (Lipinski definition) is 3. The molecule has 0 unspecified atom stereocenters. The van der Waals surface area contributed by atoms with E-state index in [9.17, 15) is 0 Å². The topological polar surface area (TPSA) is 67.8 Å². The number of nitrogens with zero attached hydrogens (tertiary/aromatic N) is 1. The van der Waals surface area contributed by atoms with Crippen LogP contribution in [0, 0.1) is 5.92 Å². The van der Waals surface area contributed by atoms with Gasteiger partial charge in [-0.2, -0.15) is 0 Å². The molecule has 1 aliphatic rings. The van der Waals surface area contributed by atoms with Crippen LogP contribution >= 0.6 is 11.6 Å². The lowest BCUT2D eigenvalue weighted by atomic mass is 10.00. The van der Waals surface area contributed by atoms with Gasteiger partial charge in [0.15, 0.2) is 0 Å². The Morgan fingerprint density at radius 3 is 2.75 bits per heavy atom. The minimum Gasteiger partial charge on any atom is -0.409 e. The molecule has 1 fully saturated rings. The molecule has 1 aromatic carbocycles. The van der Waals surface area contributed by atoms with Crippen molar-refractivity contribution < 1.29 is 9.94 Å². The number of nitrogens with two attached hydrogens (primary N) is 1. The van der Waals surface area contributed by atoms with Crippen LogP contribution in [-0.4, -0.2) is 17.6 Å². The maximum atomic E-state index is 8.58. The van der Waals surface area contributed by atoms with E-state index in [2.05, 4.69) is 5.16 Å². The van der Waals surface area contributed by atoms with E-state index in [1.807, 2.05) is 24.3 Å². The van der Waals surface area contributed by atoms with Gasteiger partial charge in [0, 0.05) is 10.9 Å². The maximum Gasteiger partial charge on any atom is 0.144 e. The van der Waals surface area contributed by atoms with Crippen molar-refractivity contribution in [3.05, 3.63) is 34.9 Å². The lowest BCUT2D eigenvalue weighted by molar-refractivity contribution is 0.110. The second-order valence-corrected chi connectivity index (χ2v) is 4.27. The zero-order valence-corrected chi connectivity index (χ0v) is 9.39. The van der Waals surface area contributed by atoms with Gasteiger partial charge in [-0.15, -0.1) is 0 Å². The van der Waals surface area contributed by atoms with Gasteiger partial charge in [-0.25, -0.2) is 0 Å². The van der Waals surface area contributed by atoms with Gasteiger partial charge in [0.05, 0.1) is 12.7 Å². The zero-order valence-electron chi connectivity index (χ0n) is 8.64. The molecule has 1 aliphatic heterocycles. The molecule has 5 heteroatoms. The molecule has 0 radical (unpaired) electrons. The van der Waals surface area contributed by atoms with Gasteiger partial charge in [0.25, 0.3) is 0 Å². The molecule has 4 nitrogen and oxygen atoms in total. The summed E-state index contributed by atoms with van der Waals surface area (Å²) in [6.07, 6.45) is 0.736. The summed E-state index contributed by atoms with van der Waals surface area (Å²) in [4.78, 5) is 0. The van der Waals surface area contributed by atoms with Gasteiger partial charge in [-0.1, -0.05) is 28.9 Å². The summed E-state index contributed by atoms with van der Waals surface area (Å²) in [5.41, 5.74) is 6.61. The van der Waals surface area contributed by atoms with Crippen LogP contribution in [0.2, 0.25) is 5.02 Å². The van der Waals surface area contributed by atoms with Crippen LogP contribution in [0.15, 0.2) is 29.4 Å². The first-order valence-electron chi connectivity index (χ1n) is 5.05. The zero-order chi connectivity index (χ0) is 11.5. The molecule has 1 aromatic rings. The standard InChI is InChI=1S/C11H13ClN2O2/c12-9-3-1-7(2-4-9)10-5-8(6-16-10)11(13)14-15/h1-4,8,10,15H,5-6H2,(H2,13,14)/t8-,10+/m0/s1. The molecule has 1 heterocycles. The van der Waals surface area contributed by atoms with Gasteiger partial charge in [0.1, 0.15) is 5.84 Å². The number of rotatable bonds is 2. The van der Waals surface area contributed by atoms with Gasteiger partial charge in [0.2, 0.25) is 0 Å². The SMILES string of the molecule is N/C(=N\O)[C@@H]1CO[C@@H](c2ccc(Cl)cc2)C1. The molecule has 0 aliphatic carbocycles. The van der Waals surface area contributed by atoms with Crippen molar-refractivity contribution in [1.29, 1.82) is 0 Å². The normalized spacial score (nSPS) is 25.9. The lowest BCUT2D eigenvalue weighted by Crippen LogP contribution is -2.23. The first kappa shape index (κ1) is 11.2. The van der Waals surface area contributed by atoms with E-state index in [4.69, 9.17) is 27.3 Å². The second kappa shape index (κ2) is 4.72. The molecule has 2 atom stereocenters. The Bertz CT molecular complexity index is 391. The summed E-state index contributed by atoms with van der Waals surface area (Å²) < 4.78 is 5.60. The fraction of sp³-hybridized carbons (Fsp3) is 0.364. The predicted molar refractivity (Wildman–Crippen MR) is 61.7 cm³/mol. The first-order valence-corrected chi connectivity index (χ1v) is 5.43. The molecule has 3 N–H and O–H groups in total. The third-order valence-electron chi connectivity index (χ3n) is 2.77. The molecule has 0 amide bonds. The fourth-order valence-corrected chi connectivity index (χ4v) is 1.95. The third kappa shape index (κ3) is 2.28. The minimum atomic E-state index is -0.00863. The minimum absolute atomic E-state index is 0.00238. The van der Waals surface area contributed by atoms with Crippen molar-refractivity contribution in [3.63, 3.8) is 0 Å². The Labute approximate surface area is 98.7 Å². The molecule has 0 aromatic heterocycles. The van der Waals surface area contributed by atoms with Crippen molar-refractivity contribution in [2.45, 2.75) is 12.5 Å². The highest BCUT2D eigenvalue weighted by Gasteiger charge is 2.29. The molecule has 16 heavy (non-hydrogen) atoms. The average Bonchev–Trinajstić information content (AvgIpc) is 2.78. The number of halogens is 1. The molecule has 0 bridgehead atoms. The lowest BCUT2D eigenvalue weighted by Gasteiger charge is -2.09. The highest BCUT2D eigenvalue weighted by molar-refractivity contribution is 6.30. The number of benzene rings is 1. The molecule has 0 saturated carbocycles. The van der Waals surface area contributed by atoms with Gasteiger partial charge in [-0.05, 0) is 24.1 Å². The van der Waals surface area contributed by atoms with Crippen LogP contribution in [0.5, 0.6) is 0 Å². The summed E-state index contributed by atoms with van der Waals surface area (Å²) >= 11 is 5.81. The molecular formula is C11H13ClN2O2. The summed E-state index contributed by atoms with van der Waals surface area (Å²) in [5, 5.41) is 12.3. The van der Waals surface area contributed by atoms with E-state index in [1.165, 1.54) is 0 Å². The van der Waals surface area contributed by atoms with Crippen molar-refractivity contribution in [3.8, 4) is 0 Å². The highest BCUT2D eigenvalue weighted by atomic mass is 35.5. The van der Waals surface area contributed by atoms with E-state index in [-0.39, 0.29) is 17.9 Å². The molecular weight excluding hydrogens is 228 g/mol. The van der Waals surface area contributed by atoms with Crippen molar-refractivity contribution in [1.82, 2.24) is 0 Å². The first-order chi connectivity index (χ1) is 7.70. The number of hydrogen-bond donors (Lipinski definition) is 2. The number of amidine groups is 1. The Balaban J connectivity index is 2.06. The maximum absolute atomic E-state index is 8.58. The van der Waals surface area contributed by atoms with Crippen molar-refractivity contribution in [2.24, 2.45) is 16.8 Å². The van der Waals surface area contributed by atoms with Crippen molar-refractivity contribution >= 4 is 17.4 Å². The summed E-state index contributed by atoms with van der Waals surface area (Å²) in [6.45, 7) is 0.489. The molecule has 0 spiro atoms. The van der Waals surface area contributed by atoms with Crippen LogP contribution in [0.25, 0.3) is 0 Å². The van der Waals surface area contributed by atoms with E-state index < -0.39 is 0 Å². The van der Waals surface area contributed by atoms with Crippen LogP contribution in [0.1, 0.15) is 18.1 Å². The number of oxime groups is 1. The average molecular weight is 241 g/mol. The largest absolute Gasteiger partial charge is 0.409 e.